The first-order valence-electron chi connectivity index (χ1n) is 9.40. The third-order valence-corrected chi connectivity index (χ3v) is 5.27. The van der Waals surface area contributed by atoms with Crippen LogP contribution in [-0.2, 0) is 11.8 Å². The predicted molar refractivity (Wildman–Crippen MR) is 105 cm³/mol. The topological polar surface area (TPSA) is 75.7 Å². The van der Waals surface area contributed by atoms with Gasteiger partial charge in [-0.25, -0.2) is 0 Å². The minimum atomic E-state index is -0.650. The van der Waals surface area contributed by atoms with Gasteiger partial charge in [0.05, 0.1) is 17.9 Å². The van der Waals surface area contributed by atoms with Gasteiger partial charge in [0, 0.05) is 36.3 Å². The standard InChI is InChI=1S/C22H22N2O4/c1-3-4-11-24-19(15-13-23(2)16-9-6-5-8-14(15)16)18(21(26)22(24)27)20(25)17-10-7-12-28-17/h5-10,12-13,19,26H,3-4,11H2,1-2H3. The van der Waals surface area contributed by atoms with Crippen LogP contribution >= 0.6 is 0 Å². The second-order valence-corrected chi connectivity index (χ2v) is 7.04. The molecule has 3 heterocycles. The molecular weight excluding hydrogens is 356 g/mol. The molecule has 2 aromatic heterocycles. The van der Waals surface area contributed by atoms with E-state index in [9.17, 15) is 14.7 Å². The number of aromatic nitrogens is 1. The molecule has 144 valence electrons. The van der Waals surface area contributed by atoms with Gasteiger partial charge in [-0.1, -0.05) is 31.5 Å². The van der Waals surface area contributed by atoms with Crippen LogP contribution in [0.15, 0.2) is 64.6 Å². The normalized spacial score (nSPS) is 17.1. The van der Waals surface area contributed by atoms with Crippen LogP contribution < -0.4 is 0 Å². The molecule has 1 aliphatic rings. The third-order valence-electron chi connectivity index (χ3n) is 5.27. The Hall–Kier alpha value is -3.28. The zero-order chi connectivity index (χ0) is 19.8. The molecule has 0 aliphatic carbocycles. The molecule has 6 heteroatoms. The summed E-state index contributed by atoms with van der Waals surface area (Å²) in [5.41, 5.74) is 1.89. The van der Waals surface area contributed by atoms with Crippen LogP contribution in [0.1, 0.15) is 41.9 Å². The Bertz CT molecular complexity index is 1080. The number of hydrogen-bond donors (Lipinski definition) is 1. The summed E-state index contributed by atoms with van der Waals surface area (Å²) in [6, 6.07) is 10.3. The van der Waals surface area contributed by atoms with E-state index >= 15 is 0 Å². The van der Waals surface area contributed by atoms with Crippen LogP contribution in [-0.4, -0.2) is 32.8 Å². The predicted octanol–water partition coefficient (Wildman–Crippen LogP) is 4.15. The summed E-state index contributed by atoms with van der Waals surface area (Å²) in [5, 5.41) is 11.6. The van der Waals surface area contributed by atoms with Crippen molar-refractivity contribution < 1.29 is 19.1 Å². The highest BCUT2D eigenvalue weighted by molar-refractivity contribution is 6.15. The molecule has 0 spiro atoms. The Balaban J connectivity index is 1.90. The number of carbonyl (C=O) groups excluding carboxylic acids is 2. The summed E-state index contributed by atoms with van der Waals surface area (Å²) in [7, 11) is 1.93. The summed E-state index contributed by atoms with van der Waals surface area (Å²) >= 11 is 0. The quantitative estimate of drug-likeness (QED) is 0.654. The number of benzene rings is 1. The van der Waals surface area contributed by atoms with E-state index in [2.05, 4.69) is 0 Å². The van der Waals surface area contributed by atoms with Gasteiger partial charge >= 0.3 is 0 Å². The Morgan fingerprint density at radius 2 is 2.00 bits per heavy atom. The largest absolute Gasteiger partial charge is 0.503 e. The van der Waals surface area contributed by atoms with Crippen LogP contribution in [0.4, 0.5) is 0 Å². The summed E-state index contributed by atoms with van der Waals surface area (Å²) in [4.78, 5) is 27.6. The van der Waals surface area contributed by atoms with Crippen molar-refractivity contribution >= 4 is 22.6 Å². The molecular formula is C22H22N2O4. The van der Waals surface area contributed by atoms with Crippen molar-refractivity contribution in [3.8, 4) is 0 Å². The van der Waals surface area contributed by atoms with E-state index in [1.165, 1.54) is 6.26 Å². The molecule has 1 unspecified atom stereocenters. The number of aryl methyl sites for hydroxylation is 1. The maximum atomic E-state index is 13.1. The molecule has 0 saturated carbocycles. The fraction of sp³-hybridized carbons (Fsp3) is 0.273. The lowest BCUT2D eigenvalue weighted by Crippen LogP contribution is -2.32. The minimum Gasteiger partial charge on any atom is -0.503 e. The first-order chi connectivity index (χ1) is 13.5. The number of rotatable bonds is 6. The molecule has 3 aromatic rings. The zero-order valence-electron chi connectivity index (χ0n) is 15.9. The number of aliphatic hydroxyl groups excluding tert-OH is 1. The van der Waals surface area contributed by atoms with E-state index in [0.29, 0.717) is 6.54 Å². The number of furan rings is 1. The van der Waals surface area contributed by atoms with E-state index in [0.717, 1.165) is 29.3 Å². The summed E-state index contributed by atoms with van der Waals surface area (Å²) in [6.45, 7) is 2.50. The summed E-state index contributed by atoms with van der Waals surface area (Å²) in [5.74, 6) is -1.36. The number of ketones is 1. The molecule has 0 radical (unpaired) electrons. The molecule has 4 rings (SSSR count). The molecule has 0 fully saturated rings. The highest BCUT2D eigenvalue weighted by Crippen LogP contribution is 2.42. The maximum absolute atomic E-state index is 13.1. The first kappa shape index (κ1) is 18.1. The van der Waals surface area contributed by atoms with Crippen molar-refractivity contribution in [2.75, 3.05) is 6.54 Å². The number of carbonyl (C=O) groups is 2. The smallest absolute Gasteiger partial charge is 0.290 e. The summed E-state index contributed by atoms with van der Waals surface area (Å²) in [6.07, 6.45) is 5.01. The lowest BCUT2D eigenvalue weighted by Gasteiger charge is -2.26. The molecule has 28 heavy (non-hydrogen) atoms. The van der Waals surface area contributed by atoms with Crippen LogP contribution in [0.5, 0.6) is 0 Å². The highest BCUT2D eigenvalue weighted by atomic mass is 16.3. The fourth-order valence-electron chi connectivity index (χ4n) is 3.90. The van der Waals surface area contributed by atoms with Crippen molar-refractivity contribution in [3.63, 3.8) is 0 Å². The van der Waals surface area contributed by atoms with Crippen molar-refractivity contribution in [1.29, 1.82) is 0 Å². The lowest BCUT2D eigenvalue weighted by atomic mass is 9.94. The average Bonchev–Trinajstić information content (AvgIpc) is 3.40. The SMILES string of the molecule is CCCCN1C(=O)C(O)=C(C(=O)c2ccco2)C1c1cn(C)c2ccccc12. The second kappa shape index (κ2) is 7.03. The van der Waals surface area contributed by atoms with E-state index < -0.39 is 23.5 Å². The number of nitrogens with zero attached hydrogens (tertiary/aromatic N) is 2. The number of Topliss-reactive ketones (excluding diaryl/α,β-unsaturated/α-hetero) is 1. The maximum Gasteiger partial charge on any atom is 0.290 e. The van der Waals surface area contributed by atoms with Gasteiger partial charge in [-0.3, -0.25) is 9.59 Å². The average molecular weight is 378 g/mol. The molecule has 1 atom stereocenters. The van der Waals surface area contributed by atoms with Gasteiger partial charge < -0.3 is 19.0 Å². The van der Waals surface area contributed by atoms with Crippen LogP contribution in [0.25, 0.3) is 10.9 Å². The summed E-state index contributed by atoms with van der Waals surface area (Å²) < 4.78 is 7.22. The third kappa shape index (κ3) is 2.72. The second-order valence-electron chi connectivity index (χ2n) is 7.04. The van der Waals surface area contributed by atoms with Crippen LogP contribution in [0, 0.1) is 0 Å². The molecule has 1 aromatic carbocycles. The number of hydrogen-bond acceptors (Lipinski definition) is 4. The van der Waals surface area contributed by atoms with E-state index in [1.54, 1.807) is 17.0 Å². The molecule has 1 aliphatic heterocycles. The number of para-hydroxylation sites is 1. The van der Waals surface area contributed by atoms with Gasteiger partial charge in [-0.05, 0) is 24.6 Å². The number of fused-ring (bicyclic) bond motifs is 1. The van der Waals surface area contributed by atoms with Gasteiger partial charge in [0.25, 0.3) is 5.91 Å². The molecule has 1 N–H and O–H groups in total. The van der Waals surface area contributed by atoms with E-state index in [4.69, 9.17) is 4.42 Å². The molecule has 0 saturated heterocycles. The minimum absolute atomic E-state index is 0.0763. The van der Waals surface area contributed by atoms with Crippen molar-refractivity contribution in [2.45, 2.75) is 25.8 Å². The molecule has 0 bridgehead atoms. The van der Waals surface area contributed by atoms with E-state index in [1.807, 2.05) is 49.0 Å². The molecule has 6 nitrogen and oxygen atoms in total. The van der Waals surface area contributed by atoms with Gasteiger partial charge in [0.15, 0.2) is 11.5 Å². The monoisotopic (exact) mass is 378 g/mol. The van der Waals surface area contributed by atoms with E-state index in [-0.39, 0.29) is 11.3 Å². The zero-order valence-corrected chi connectivity index (χ0v) is 15.9. The Morgan fingerprint density at radius 3 is 2.71 bits per heavy atom. The highest BCUT2D eigenvalue weighted by Gasteiger charge is 2.45. The Labute approximate surface area is 162 Å². The van der Waals surface area contributed by atoms with Crippen molar-refractivity contribution in [1.82, 2.24) is 9.47 Å². The van der Waals surface area contributed by atoms with Gasteiger partial charge in [0.2, 0.25) is 5.78 Å². The number of unbranched alkanes of at least 4 members (excludes halogenated alkanes) is 1. The van der Waals surface area contributed by atoms with Gasteiger partial charge in [0.1, 0.15) is 0 Å². The van der Waals surface area contributed by atoms with Crippen LogP contribution in [0.3, 0.4) is 0 Å². The number of aliphatic hydroxyl groups is 1. The Kier molecular flexibility index (Phi) is 4.55. The van der Waals surface area contributed by atoms with Gasteiger partial charge in [-0.2, -0.15) is 0 Å². The van der Waals surface area contributed by atoms with Crippen molar-refractivity contribution in [2.24, 2.45) is 7.05 Å². The fourth-order valence-corrected chi connectivity index (χ4v) is 3.90. The van der Waals surface area contributed by atoms with Crippen molar-refractivity contribution in [3.05, 3.63) is 71.5 Å². The van der Waals surface area contributed by atoms with Gasteiger partial charge in [-0.15, -0.1) is 0 Å². The first-order valence-corrected chi connectivity index (χ1v) is 9.40. The lowest BCUT2D eigenvalue weighted by molar-refractivity contribution is -0.129. The Morgan fingerprint density at radius 1 is 1.21 bits per heavy atom. The van der Waals surface area contributed by atoms with Crippen LogP contribution in [0.2, 0.25) is 0 Å². The molecule has 1 amide bonds. The number of amides is 1.